The van der Waals surface area contributed by atoms with Gasteiger partial charge in [0.25, 0.3) is 0 Å². The molecule has 190 valence electrons. The van der Waals surface area contributed by atoms with Crippen molar-refractivity contribution in [3.63, 3.8) is 0 Å². The Bertz CT molecular complexity index is 1400. The molecule has 4 nitrogen and oxygen atoms in total. The third-order valence-electron chi connectivity index (χ3n) is 7.88. The number of rotatable bonds is 8. The van der Waals surface area contributed by atoms with Gasteiger partial charge in [-0.25, -0.2) is 9.18 Å². The zero-order valence-electron chi connectivity index (χ0n) is 20.7. The van der Waals surface area contributed by atoms with Crippen LogP contribution in [0.3, 0.4) is 0 Å². The molecule has 2 atom stereocenters. The minimum Gasteiger partial charge on any atom is -0.478 e. The normalized spacial score (nSPS) is 21.2. The molecule has 1 saturated carbocycles. The molecule has 0 bridgehead atoms. The summed E-state index contributed by atoms with van der Waals surface area (Å²) in [6, 6.07) is 26.8. The molecule has 0 spiro atoms. The Morgan fingerprint density at radius 3 is 2.54 bits per heavy atom. The summed E-state index contributed by atoms with van der Waals surface area (Å²) < 4.78 is 15.6. The summed E-state index contributed by atoms with van der Waals surface area (Å²) in [5, 5.41) is 15.1. The summed E-state index contributed by atoms with van der Waals surface area (Å²) in [5.41, 5.74) is 1.48. The number of aromatic carboxylic acids is 1. The molecule has 2 aliphatic rings. The van der Waals surface area contributed by atoms with Crippen molar-refractivity contribution in [2.24, 2.45) is 0 Å². The monoisotopic (exact) mass is 514 g/mol. The van der Waals surface area contributed by atoms with Gasteiger partial charge in [-0.05, 0) is 65.4 Å². The Morgan fingerprint density at radius 1 is 1.00 bits per heavy atom. The average molecular weight is 515 g/mol. The van der Waals surface area contributed by atoms with Crippen molar-refractivity contribution >= 4 is 28.1 Å². The van der Waals surface area contributed by atoms with Gasteiger partial charge in [0.15, 0.2) is 0 Å². The number of piperidine rings is 1. The van der Waals surface area contributed by atoms with Crippen LogP contribution in [0.1, 0.15) is 46.0 Å². The van der Waals surface area contributed by atoms with Crippen LogP contribution in [0.2, 0.25) is 0 Å². The summed E-state index contributed by atoms with van der Waals surface area (Å²) in [6.07, 6.45) is 2.12. The molecule has 6 heteroatoms. The van der Waals surface area contributed by atoms with Gasteiger partial charge < -0.3 is 10.4 Å². The second-order valence-corrected chi connectivity index (χ2v) is 11.6. The van der Waals surface area contributed by atoms with Crippen molar-refractivity contribution < 1.29 is 14.3 Å². The molecule has 1 saturated heterocycles. The first-order valence-corrected chi connectivity index (χ1v) is 13.8. The summed E-state index contributed by atoms with van der Waals surface area (Å²) in [7, 11) is 0. The van der Waals surface area contributed by atoms with Crippen molar-refractivity contribution in [2.75, 3.05) is 19.6 Å². The zero-order valence-corrected chi connectivity index (χ0v) is 21.5. The van der Waals surface area contributed by atoms with E-state index in [1.54, 1.807) is 12.1 Å². The first-order chi connectivity index (χ1) is 18.0. The highest BCUT2D eigenvalue weighted by molar-refractivity contribution is 7.15. The van der Waals surface area contributed by atoms with Gasteiger partial charge in [-0.2, -0.15) is 0 Å². The lowest BCUT2D eigenvalue weighted by molar-refractivity contribution is 0.0543. The zero-order chi connectivity index (χ0) is 25.4. The Hall–Kier alpha value is -3.06. The number of benzene rings is 3. The fourth-order valence-corrected chi connectivity index (χ4v) is 6.71. The van der Waals surface area contributed by atoms with Crippen molar-refractivity contribution in [3.05, 3.63) is 94.9 Å². The predicted molar refractivity (Wildman–Crippen MR) is 148 cm³/mol. The van der Waals surface area contributed by atoms with E-state index in [0.29, 0.717) is 50.0 Å². The lowest BCUT2D eigenvalue weighted by Gasteiger charge is -2.36. The maximum atomic E-state index is 15.6. The van der Waals surface area contributed by atoms with Crippen molar-refractivity contribution in [2.45, 2.75) is 43.4 Å². The number of carboxylic acid groups (broad SMARTS) is 1. The number of alkyl halides is 1. The highest BCUT2D eigenvalue weighted by Crippen LogP contribution is 2.46. The topological polar surface area (TPSA) is 52.6 Å². The summed E-state index contributed by atoms with van der Waals surface area (Å²) in [4.78, 5) is 16.0. The lowest BCUT2D eigenvalue weighted by Crippen LogP contribution is -2.47. The fourth-order valence-electron chi connectivity index (χ4n) is 5.49. The van der Waals surface area contributed by atoms with Crippen LogP contribution in [-0.2, 0) is 6.54 Å². The minimum atomic E-state index is -1.17. The molecule has 1 aliphatic heterocycles. The first-order valence-electron chi connectivity index (χ1n) is 13.0. The van der Waals surface area contributed by atoms with Crippen LogP contribution in [0.25, 0.3) is 21.2 Å². The molecule has 0 radical (unpaired) electrons. The van der Waals surface area contributed by atoms with Crippen LogP contribution in [0.15, 0.2) is 78.9 Å². The molecule has 1 aliphatic carbocycles. The number of carboxylic acids is 1. The molecular weight excluding hydrogens is 483 g/mol. The predicted octanol–water partition coefficient (Wildman–Crippen LogP) is 6.72. The Kier molecular flexibility index (Phi) is 6.57. The molecule has 6 rings (SSSR count). The van der Waals surface area contributed by atoms with Crippen LogP contribution >= 0.6 is 11.3 Å². The second-order valence-electron chi connectivity index (χ2n) is 10.5. The Morgan fingerprint density at radius 2 is 1.76 bits per heavy atom. The van der Waals surface area contributed by atoms with E-state index in [1.807, 2.05) is 23.5 Å². The van der Waals surface area contributed by atoms with E-state index >= 15 is 4.39 Å². The average Bonchev–Trinajstić information content (AvgIpc) is 3.54. The molecule has 37 heavy (non-hydrogen) atoms. The molecule has 0 amide bonds. The van der Waals surface area contributed by atoms with Gasteiger partial charge in [-0.3, -0.25) is 4.90 Å². The molecule has 2 unspecified atom stereocenters. The second kappa shape index (κ2) is 10.0. The number of carbonyl (C=O) groups is 1. The van der Waals surface area contributed by atoms with E-state index < -0.39 is 11.6 Å². The largest absolute Gasteiger partial charge is 0.478 e. The van der Waals surface area contributed by atoms with Crippen LogP contribution in [0.4, 0.5) is 4.39 Å². The van der Waals surface area contributed by atoms with Gasteiger partial charge in [-0.15, -0.1) is 11.3 Å². The van der Waals surface area contributed by atoms with Gasteiger partial charge in [0, 0.05) is 47.9 Å². The van der Waals surface area contributed by atoms with Crippen LogP contribution in [-0.4, -0.2) is 47.3 Å². The number of nitrogens with zero attached hydrogens (tertiary/aromatic N) is 1. The third kappa shape index (κ3) is 5.33. The van der Waals surface area contributed by atoms with E-state index in [4.69, 9.17) is 5.11 Å². The first kappa shape index (κ1) is 24.3. The molecule has 2 heterocycles. The van der Waals surface area contributed by atoms with Gasteiger partial charge in [0.2, 0.25) is 0 Å². The van der Waals surface area contributed by atoms with Gasteiger partial charge in [-0.1, -0.05) is 54.6 Å². The summed E-state index contributed by atoms with van der Waals surface area (Å²) in [6.45, 7) is 2.57. The third-order valence-corrected chi connectivity index (χ3v) is 9.13. The van der Waals surface area contributed by atoms with Gasteiger partial charge >= 0.3 is 5.97 Å². The summed E-state index contributed by atoms with van der Waals surface area (Å²) >= 11 is 1.87. The quantitative estimate of drug-likeness (QED) is 0.274. The minimum absolute atomic E-state index is 0.293. The van der Waals surface area contributed by atoms with E-state index in [2.05, 4.69) is 64.8 Å². The van der Waals surface area contributed by atoms with E-state index in [0.717, 1.165) is 18.5 Å². The Balaban J connectivity index is 1.00. The van der Waals surface area contributed by atoms with Crippen molar-refractivity contribution in [1.29, 1.82) is 0 Å². The smallest absolute Gasteiger partial charge is 0.335 e. The van der Waals surface area contributed by atoms with E-state index in [9.17, 15) is 4.79 Å². The number of hydrogen-bond acceptors (Lipinski definition) is 4. The molecule has 2 fully saturated rings. The number of hydrogen-bond donors (Lipinski definition) is 2. The summed E-state index contributed by atoms with van der Waals surface area (Å²) in [5.74, 6) is -0.437. The number of likely N-dealkylation sites (tertiary alicyclic amines) is 1. The fraction of sp³-hybridized carbons (Fsp3) is 0.323. The lowest BCUT2D eigenvalue weighted by atomic mass is 9.93. The molecule has 1 aromatic heterocycles. The van der Waals surface area contributed by atoms with Crippen LogP contribution < -0.4 is 5.32 Å². The SMILES string of the molecule is O=C(O)c1ccc(CN2CCC(F)(CNC3CC3c3ccc(-c4cccc5ccccc45)s3)CC2)cc1. The maximum absolute atomic E-state index is 15.6. The Labute approximate surface area is 220 Å². The standard InChI is InChI=1S/C31H31FN2O2S/c32-31(14-16-34(17-15-31)19-21-8-10-23(11-9-21)30(35)36)20-33-27-18-26(27)29-13-12-28(37-29)25-7-3-5-22-4-1-2-6-24(22)25/h1-13,26-27,33H,14-20H2,(H,35,36). The molecular formula is C31H31FN2O2S. The highest BCUT2D eigenvalue weighted by atomic mass is 32.1. The highest BCUT2D eigenvalue weighted by Gasteiger charge is 2.42. The van der Waals surface area contributed by atoms with Crippen molar-refractivity contribution in [1.82, 2.24) is 10.2 Å². The molecule has 4 aromatic rings. The number of fused-ring (bicyclic) bond motifs is 1. The number of thiophene rings is 1. The maximum Gasteiger partial charge on any atom is 0.335 e. The van der Waals surface area contributed by atoms with Crippen LogP contribution in [0.5, 0.6) is 0 Å². The van der Waals surface area contributed by atoms with E-state index in [1.165, 1.54) is 26.1 Å². The van der Waals surface area contributed by atoms with Crippen LogP contribution in [0, 0.1) is 0 Å². The molecule has 2 N–H and O–H groups in total. The molecule has 3 aromatic carbocycles. The van der Waals surface area contributed by atoms with Gasteiger partial charge in [0.1, 0.15) is 5.67 Å². The van der Waals surface area contributed by atoms with Gasteiger partial charge in [0.05, 0.1) is 5.56 Å². The number of halogens is 1. The van der Waals surface area contributed by atoms with E-state index in [-0.39, 0.29) is 0 Å². The number of nitrogens with one attached hydrogen (secondary N) is 1. The van der Waals surface area contributed by atoms with Crippen molar-refractivity contribution in [3.8, 4) is 10.4 Å².